The molecule has 156 valence electrons. The number of halogens is 1. The Balaban J connectivity index is 1.94. The van der Waals surface area contributed by atoms with Crippen molar-refractivity contribution in [2.24, 2.45) is 0 Å². The van der Waals surface area contributed by atoms with E-state index in [9.17, 15) is 9.90 Å². The molecule has 5 rings (SSSR count). The van der Waals surface area contributed by atoms with Crippen molar-refractivity contribution in [1.29, 1.82) is 0 Å². The van der Waals surface area contributed by atoms with Crippen molar-refractivity contribution in [1.82, 2.24) is 15.0 Å². The molecule has 5 nitrogen and oxygen atoms in total. The molecule has 0 bridgehead atoms. The van der Waals surface area contributed by atoms with Crippen molar-refractivity contribution in [3.8, 4) is 22.4 Å². The fraction of sp³-hybridized carbons (Fsp3) is 0.160. The molecule has 0 amide bonds. The number of rotatable bonds is 4. The lowest BCUT2D eigenvalue weighted by Gasteiger charge is -2.15. The summed E-state index contributed by atoms with van der Waals surface area (Å²) >= 11 is 6.68. The van der Waals surface area contributed by atoms with Crippen LogP contribution in [0.15, 0.2) is 48.8 Å². The molecule has 0 fully saturated rings. The second kappa shape index (κ2) is 7.06. The molecule has 0 saturated carbocycles. The van der Waals surface area contributed by atoms with Crippen LogP contribution >= 0.6 is 11.6 Å². The molecular weight excluding hydrogens is 410 g/mol. The van der Waals surface area contributed by atoms with Crippen LogP contribution < -0.4 is 0 Å². The largest absolute Gasteiger partial charge is 0.477 e. The van der Waals surface area contributed by atoms with Crippen LogP contribution in [0.1, 0.15) is 41.4 Å². The van der Waals surface area contributed by atoms with E-state index >= 15 is 0 Å². The maximum atomic E-state index is 12.4. The number of hydrogen-bond acceptors (Lipinski definition) is 1. The number of carboxylic acids is 1. The Hall–Kier alpha value is -3.44. The molecule has 0 aliphatic carbocycles. The van der Waals surface area contributed by atoms with Crippen LogP contribution in [0.5, 0.6) is 0 Å². The Labute approximate surface area is 184 Å². The predicted octanol–water partition coefficient (Wildman–Crippen LogP) is 7.09. The van der Waals surface area contributed by atoms with Gasteiger partial charge >= 0.3 is 5.97 Å². The first-order valence-electron chi connectivity index (χ1n) is 10.2. The number of aromatic carboxylic acids is 1. The summed E-state index contributed by atoms with van der Waals surface area (Å²) in [6, 6.07) is 11.9. The molecule has 0 aliphatic heterocycles. The van der Waals surface area contributed by atoms with Crippen LogP contribution in [0.2, 0.25) is 5.02 Å². The topological polar surface area (TPSA) is 84.7 Å². The van der Waals surface area contributed by atoms with E-state index in [0.717, 1.165) is 49.8 Å². The quantitative estimate of drug-likeness (QED) is 0.245. The van der Waals surface area contributed by atoms with Crippen LogP contribution in [0.4, 0.5) is 0 Å². The number of aromatic nitrogens is 3. The standard InChI is InChI=1S/C25H22ClN3O2/c1-12(2)20-22(21-15-7-9-27-18(15)5-4-17(21)26)24(25(30)31)29-23(20)16-10-13(3)11-19-14(16)6-8-28-19/h4-12,27-29H,1-3H3,(H,30,31). The third kappa shape index (κ3) is 2.96. The average molecular weight is 432 g/mol. The first-order chi connectivity index (χ1) is 14.9. The highest BCUT2D eigenvalue weighted by Gasteiger charge is 2.29. The van der Waals surface area contributed by atoms with Crippen molar-refractivity contribution in [3.05, 3.63) is 70.6 Å². The maximum absolute atomic E-state index is 12.4. The first-order valence-corrected chi connectivity index (χ1v) is 10.6. The number of H-pyrrole nitrogens is 3. The highest BCUT2D eigenvalue weighted by Crippen LogP contribution is 2.46. The lowest BCUT2D eigenvalue weighted by Crippen LogP contribution is -2.00. The molecule has 0 unspecified atom stereocenters. The Morgan fingerprint density at radius 3 is 2.39 bits per heavy atom. The van der Waals surface area contributed by atoms with Gasteiger partial charge in [0.2, 0.25) is 0 Å². The van der Waals surface area contributed by atoms with E-state index in [1.807, 2.05) is 43.6 Å². The van der Waals surface area contributed by atoms with Gasteiger partial charge < -0.3 is 20.1 Å². The van der Waals surface area contributed by atoms with E-state index < -0.39 is 5.97 Å². The van der Waals surface area contributed by atoms with Crippen LogP contribution in [0, 0.1) is 6.92 Å². The molecule has 31 heavy (non-hydrogen) atoms. The molecular formula is C25H22ClN3O2. The summed E-state index contributed by atoms with van der Waals surface area (Å²) in [4.78, 5) is 22.1. The van der Waals surface area contributed by atoms with E-state index in [2.05, 4.69) is 40.9 Å². The van der Waals surface area contributed by atoms with Gasteiger partial charge in [0.05, 0.1) is 5.69 Å². The molecule has 0 atom stereocenters. The van der Waals surface area contributed by atoms with Crippen molar-refractivity contribution in [3.63, 3.8) is 0 Å². The van der Waals surface area contributed by atoms with Crippen molar-refractivity contribution < 1.29 is 9.90 Å². The van der Waals surface area contributed by atoms with Gasteiger partial charge in [-0.3, -0.25) is 0 Å². The van der Waals surface area contributed by atoms with Gasteiger partial charge in [0, 0.05) is 55.9 Å². The fourth-order valence-electron chi connectivity index (χ4n) is 4.60. The number of nitrogens with one attached hydrogen (secondary N) is 3. The molecule has 3 heterocycles. The van der Waals surface area contributed by atoms with E-state index in [4.69, 9.17) is 11.6 Å². The summed E-state index contributed by atoms with van der Waals surface area (Å²) < 4.78 is 0. The Morgan fingerprint density at radius 1 is 0.968 bits per heavy atom. The molecule has 0 aliphatic rings. The summed E-state index contributed by atoms with van der Waals surface area (Å²) in [6.07, 6.45) is 3.75. The summed E-state index contributed by atoms with van der Waals surface area (Å²) in [5, 5.41) is 12.6. The molecule has 3 aromatic heterocycles. The molecule has 5 aromatic rings. The summed E-state index contributed by atoms with van der Waals surface area (Å²) in [6.45, 7) is 6.20. The molecule has 0 spiro atoms. The van der Waals surface area contributed by atoms with Crippen LogP contribution in [0.25, 0.3) is 44.2 Å². The van der Waals surface area contributed by atoms with Crippen LogP contribution in [-0.2, 0) is 0 Å². The predicted molar refractivity (Wildman–Crippen MR) is 126 cm³/mol. The number of fused-ring (bicyclic) bond motifs is 2. The Kier molecular flexibility index (Phi) is 4.45. The summed E-state index contributed by atoms with van der Waals surface area (Å²) in [5.41, 5.74) is 7.31. The van der Waals surface area contributed by atoms with Crippen molar-refractivity contribution >= 4 is 39.4 Å². The van der Waals surface area contributed by atoms with E-state index in [0.29, 0.717) is 10.6 Å². The molecule has 4 N–H and O–H groups in total. The van der Waals surface area contributed by atoms with Gasteiger partial charge in [0.25, 0.3) is 0 Å². The molecule has 6 heteroatoms. The molecule has 0 saturated heterocycles. The average Bonchev–Trinajstić information content (AvgIpc) is 3.44. The molecule has 2 aromatic carbocycles. The van der Waals surface area contributed by atoms with Crippen LogP contribution in [-0.4, -0.2) is 26.0 Å². The SMILES string of the molecule is Cc1cc(-c2[nH]c(C(=O)O)c(-c3c(Cl)ccc4[nH]ccc34)c2C(C)C)c2cc[nH]c2c1. The third-order valence-corrected chi connectivity index (χ3v) is 6.16. The smallest absolute Gasteiger partial charge is 0.352 e. The van der Waals surface area contributed by atoms with Gasteiger partial charge in [0.15, 0.2) is 0 Å². The van der Waals surface area contributed by atoms with Crippen molar-refractivity contribution in [2.45, 2.75) is 26.7 Å². The second-order valence-electron chi connectivity index (χ2n) is 8.24. The van der Waals surface area contributed by atoms with E-state index in [-0.39, 0.29) is 11.6 Å². The van der Waals surface area contributed by atoms with Gasteiger partial charge in [-0.25, -0.2) is 4.79 Å². The minimum absolute atomic E-state index is 0.0640. The van der Waals surface area contributed by atoms with Crippen molar-refractivity contribution in [2.75, 3.05) is 0 Å². The van der Waals surface area contributed by atoms with Crippen LogP contribution in [0.3, 0.4) is 0 Å². The number of aryl methyl sites for hydroxylation is 1. The summed E-state index contributed by atoms with van der Waals surface area (Å²) in [7, 11) is 0. The number of benzene rings is 2. The second-order valence-corrected chi connectivity index (χ2v) is 8.64. The maximum Gasteiger partial charge on any atom is 0.352 e. The van der Waals surface area contributed by atoms with Gasteiger partial charge in [-0.05, 0) is 60.4 Å². The monoisotopic (exact) mass is 431 g/mol. The fourth-order valence-corrected chi connectivity index (χ4v) is 4.86. The van der Waals surface area contributed by atoms with Gasteiger partial charge in [-0.1, -0.05) is 25.4 Å². The third-order valence-electron chi connectivity index (χ3n) is 5.85. The molecule has 0 radical (unpaired) electrons. The zero-order valence-corrected chi connectivity index (χ0v) is 18.2. The number of hydrogen-bond donors (Lipinski definition) is 4. The minimum Gasteiger partial charge on any atom is -0.477 e. The Morgan fingerprint density at radius 2 is 1.68 bits per heavy atom. The lowest BCUT2D eigenvalue weighted by molar-refractivity contribution is 0.0692. The van der Waals surface area contributed by atoms with Gasteiger partial charge in [-0.15, -0.1) is 0 Å². The highest BCUT2D eigenvalue weighted by atomic mass is 35.5. The Bertz CT molecular complexity index is 1470. The van der Waals surface area contributed by atoms with E-state index in [1.54, 1.807) is 0 Å². The zero-order chi connectivity index (χ0) is 21.9. The van der Waals surface area contributed by atoms with E-state index in [1.165, 1.54) is 0 Å². The first kappa shape index (κ1) is 19.5. The normalized spacial score (nSPS) is 11.8. The number of carboxylic acid groups (broad SMARTS) is 1. The summed E-state index contributed by atoms with van der Waals surface area (Å²) in [5.74, 6) is -0.946. The highest BCUT2D eigenvalue weighted by molar-refractivity contribution is 6.35. The number of aromatic amines is 3. The number of carbonyl (C=O) groups is 1. The van der Waals surface area contributed by atoms with Gasteiger partial charge in [0.1, 0.15) is 5.69 Å². The lowest BCUT2D eigenvalue weighted by atomic mass is 9.88. The minimum atomic E-state index is -1.01. The van der Waals surface area contributed by atoms with Gasteiger partial charge in [-0.2, -0.15) is 0 Å². The zero-order valence-electron chi connectivity index (χ0n) is 17.4.